The number of hydrogen-bond acceptors (Lipinski definition) is 3. The molecule has 0 amide bonds. The molecule has 0 saturated carbocycles. The molecule has 3 aromatic rings. The number of benzene rings is 2. The van der Waals surface area contributed by atoms with Gasteiger partial charge in [0.2, 0.25) is 0 Å². The van der Waals surface area contributed by atoms with Crippen molar-refractivity contribution >= 4 is 16.1 Å². The van der Waals surface area contributed by atoms with Crippen LogP contribution in [-0.4, -0.2) is 17.6 Å². The Bertz CT molecular complexity index is 1110. The monoisotopic (exact) mass is 364 g/mol. The molecule has 0 unspecified atom stereocenters. The molecule has 0 saturated heterocycles. The molecule has 0 radical (unpaired) electrons. The van der Waals surface area contributed by atoms with E-state index in [0.717, 1.165) is 40.8 Å². The molecule has 0 atom stereocenters. The van der Waals surface area contributed by atoms with Gasteiger partial charge in [0.25, 0.3) is 10.0 Å². The third-order valence-electron chi connectivity index (χ3n) is 4.64. The molecule has 0 fully saturated rings. The lowest BCUT2D eigenvalue weighted by atomic mass is 9.99. The molecule has 1 aromatic heterocycles. The Kier molecular flexibility index (Phi) is 4.04. The summed E-state index contributed by atoms with van der Waals surface area (Å²) >= 11 is 0. The third kappa shape index (κ3) is 2.78. The van der Waals surface area contributed by atoms with E-state index in [-0.39, 0.29) is 4.90 Å². The summed E-state index contributed by atoms with van der Waals surface area (Å²) in [6.07, 6.45) is 5.69. The highest BCUT2D eigenvalue weighted by Crippen LogP contribution is 2.33. The number of nitrogens with zero attached hydrogens (tertiary/aromatic N) is 2. The van der Waals surface area contributed by atoms with Crippen molar-refractivity contribution in [1.82, 2.24) is 9.19 Å². The molecular weight excluding hydrogens is 344 g/mol. The third-order valence-corrected chi connectivity index (χ3v) is 6.23. The van der Waals surface area contributed by atoms with Gasteiger partial charge in [-0.1, -0.05) is 53.6 Å². The Morgan fingerprint density at radius 2 is 1.77 bits per heavy atom. The molecule has 4 rings (SSSR count). The van der Waals surface area contributed by atoms with Crippen molar-refractivity contribution < 1.29 is 8.42 Å². The van der Waals surface area contributed by atoms with Crippen molar-refractivity contribution in [2.75, 3.05) is 0 Å². The van der Waals surface area contributed by atoms with Crippen molar-refractivity contribution in [3.63, 3.8) is 0 Å². The second-order valence-corrected chi connectivity index (χ2v) is 8.45. The van der Waals surface area contributed by atoms with Crippen LogP contribution in [0.5, 0.6) is 0 Å². The summed E-state index contributed by atoms with van der Waals surface area (Å²) in [6.45, 7) is 3.94. The summed E-state index contributed by atoms with van der Waals surface area (Å²) in [4.78, 5) is 0.251. The van der Waals surface area contributed by atoms with Crippen molar-refractivity contribution in [2.24, 2.45) is 0 Å². The first-order valence-electron chi connectivity index (χ1n) is 8.64. The van der Waals surface area contributed by atoms with Gasteiger partial charge in [0.05, 0.1) is 16.3 Å². The molecule has 26 heavy (non-hydrogen) atoms. The summed E-state index contributed by atoms with van der Waals surface area (Å²) < 4.78 is 27.9. The lowest BCUT2D eigenvalue weighted by Crippen LogP contribution is -2.16. The van der Waals surface area contributed by atoms with Crippen LogP contribution in [-0.2, 0) is 16.4 Å². The molecule has 0 N–H and O–H groups in total. The van der Waals surface area contributed by atoms with Gasteiger partial charge in [0.15, 0.2) is 0 Å². The number of aryl methyl sites for hydroxylation is 3. The number of rotatable bonds is 3. The van der Waals surface area contributed by atoms with Gasteiger partial charge in [-0.3, -0.25) is 0 Å². The first-order valence-corrected chi connectivity index (χ1v) is 10.1. The minimum atomic E-state index is -3.77. The van der Waals surface area contributed by atoms with Gasteiger partial charge in [-0.2, -0.15) is 17.6 Å². The predicted octanol–water partition coefficient (Wildman–Crippen LogP) is 4.36. The Morgan fingerprint density at radius 3 is 2.50 bits per heavy atom. The molecule has 132 valence electrons. The van der Waals surface area contributed by atoms with Gasteiger partial charge in [-0.25, -0.2) is 0 Å². The van der Waals surface area contributed by atoms with Crippen molar-refractivity contribution in [2.45, 2.75) is 31.6 Å². The summed E-state index contributed by atoms with van der Waals surface area (Å²) in [5.41, 5.74) is 5.33. The first kappa shape index (κ1) is 16.8. The van der Waals surface area contributed by atoms with E-state index in [1.165, 1.54) is 4.09 Å². The molecule has 1 aliphatic carbocycles. The van der Waals surface area contributed by atoms with Crippen LogP contribution in [0.25, 0.3) is 17.3 Å². The first-order chi connectivity index (χ1) is 12.5. The Balaban J connectivity index is 1.98. The number of allylic oxidation sites excluding steroid dienone is 1. The van der Waals surface area contributed by atoms with Gasteiger partial charge >= 0.3 is 0 Å². The van der Waals surface area contributed by atoms with E-state index in [4.69, 9.17) is 0 Å². The zero-order valence-corrected chi connectivity index (χ0v) is 15.6. The van der Waals surface area contributed by atoms with Crippen LogP contribution in [0.15, 0.2) is 59.5 Å². The van der Waals surface area contributed by atoms with Gasteiger partial charge in [0, 0.05) is 11.1 Å². The predicted molar refractivity (Wildman–Crippen MR) is 104 cm³/mol. The van der Waals surface area contributed by atoms with Gasteiger partial charge < -0.3 is 0 Å². The zero-order chi connectivity index (χ0) is 18.3. The highest BCUT2D eigenvalue weighted by molar-refractivity contribution is 7.90. The van der Waals surface area contributed by atoms with E-state index in [2.05, 4.69) is 11.2 Å². The summed E-state index contributed by atoms with van der Waals surface area (Å²) in [7, 11) is -3.77. The van der Waals surface area contributed by atoms with Crippen molar-refractivity contribution in [3.8, 4) is 11.3 Å². The van der Waals surface area contributed by atoms with Crippen molar-refractivity contribution in [1.29, 1.82) is 0 Å². The highest BCUT2D eigenvalue weighted by Gasteiger charge is 2.27. The van der Waals surface area contributed by atoms with E-state index in [9.17, 15) is 8.42 Å². The smallest absolute Gasteiger partial charge is 0.199 e. The molecule has 1 aliphatic rings. The van der Waals surface area contributed by atoms with E-state index in [1.807, 2.05) is 56.3 Å². The van der Waals surface area contributed by atoms with Crippen LogP contribution in [0, 0.1) is 13.8 Å². The fourth-order valence-corrected chi connectivity index (χ4v) is 4.61. The van der Waals surface area contributed by atoms with Crippen LogP contribution in [0.4, 0.5) is 0 Å². The van der Waals surface area contributed by atoms with E-state index < -0.39 is 10.0 Å². The quantitative estimate of drug-likeness (QED) is 0.694. The molecule has 0 aliphatic heterocycles. The van der Waals surface area contributed by atoms with Gasteiger partial charge in [-0.15, -0.1) is 0 Å². The molecule has 0 bridgehead atoms. The molecule has 5 heteroatoms. The normalized spacial score (nSPS) is 13.6. The summed E-state index contributed by atoms with van der Waals surface area (Å²) in [6, 6.07) is 14.8. The fourth-order valence-electron chi connectivity index (χ4n) is 3.28. The topological polar surface area (TPSA) is 52.0 Å². The van der Waals surface area contributed by atoms with E-state index >= 15 is 0 Å². The standard InChI is InChI=1S/C21H20N2O2S/c1-15-10-12-18(13-11-15)26(24,25)23-21(17-7-5-6-16(2)14-17)19-8-3-4-9-20(19)22-23/h3,5-8,10-14H,4,9H2,1-2H3. The number of hydrogen-bond donors (Lipinski definition) is 0. The van der Waals surface area contributed by atoms with Crippen LogP contribution in [0.1, 0.15) is 28.8 Å². The molecule has 1 heterocycles. The van der Waals surface area contributed by atoms with Gasteiger partial charge in [0.1, 0.15) is 0 Å². The maximum atomic E-state index is 13.3. The van der Waals surface area contributed by atoms with Crippen molar-refractivity contribution in [3.05, 3.63) is 77.0 Å². The fraction of sp³-hybridized carbons (Fsp3) is 0.190. The van der Waals surface area contributed by atoms with E-state index in [0.29, 0.717) is 5.69 Å². The molecule has 4 nitrogen and oxygen atoms in total. The SMILES string of the molecule is Cc1ccc(S(=O)(=O)n2nc3c(c2-c2cccc(C)c2)C=CCC3)cc1. The van der Waals surface area contributed by atoms with Gasteiger partial charge in [-0.05, 0) is 44.9 Å². The molecule has 0 spiro atoms. The van der Waals surface area contributed by atoms with E-state index in [1.54, 1.807) is 12.1 Å². The highest BCUT2D eigenvalue weighted by atomic mass is 32.2. The Morgan fingerprint density at radius 1 is 1.00 bits per heavy atom. The maximum absolute atomic E-state index is 13.3. The molecular formula is C21H20N2O2S. The average molecular weight is 364 g/mol. The lowest BCUT2D eigenvalue weighted by Gasteiger charge is -2.11. The Labute approximate surface area is 153 Å². The minimum absolute atomic E-state index is 0.251. The number of fused-ring (bicyclic) bond motifs is 1. The number of aromatic nitrogens is 2. The van der Waals surface area contributed by atoms with Crippen LogP contribution < -0.4 is 0 Å². The largest absolute Gasteiger partial charge is 0.283 e. The maximum Gasteiger partial charge on any atom is 0.283 e. The second-order valence-electron chi connectivity index (χ2n) is 6.68. The van der Waals surface area contributed by atoms with Crippen LogP contribution in [0.2, 0.25) is 0 Å². The van der Waals surface area contributed by atoms with Crippen LogP contribution >= 0.6 is 0 Å². The minimum Gasteiger partial charge on any atom is -0.199 e. The summed E-state index contributed by atoms with van der Waals surface area (Å²) in [5, 5.41) is 4.50. The lowest BCUT2D eigenvalue weighted by molar-refractivity contribution is 0.580. The second kappa shape index (κ2) is 6.25. The zero-order valence-electron chi connectivity index (χ0n) is 14.8. The average Bonchev–Trinajstić information content (AvgIpc) is 3.02. The molecule has 2 aromatic carbocycles. The summed E-state index contributed by atoms with van der Waals surface area (Å²) in [5.74, 6) is 0. The van der Waals surface area contributed by atoms with Crippen LogP contribution in [0.3, 0.4) is 0 Å². The Hall–Kier alpha value is -2.66.